The van der Waals surface area contributed by atoms with Gasteiger partial charge in [-0.2, -0.15) is 0 Å². The van der Waals surface area contributed by atoms with Gasteiger partial charge in [0, 0.05) is 0 Å². The van der Waals surface area contributed by atoms with Crippen LogP contribution in [0.25, 0.3) is 0 Å². The summed E-state index contributed by atoms with van der Waals surface area (Å²) < 4.78 is 117. The first-order valence-electron chi connectivity index (χ1n) is 7.52. The zero-order valence-electron chi connectivity index (χ0n) is 12.8. The number of hydrogen-bond donors (Lipinski definition) is 0. The van der Waals surface area contributed by atoms with Gasteiger partial charge in [0.25, 0.3) is 0 Å². The zero-order chi connectivity index (χ0) is 20.1. The second-order valence-electron chi connectivity index (χ2n) is 6.36. The minimum absolute atomic E-state index is 0. The van der Waals surface area contributed by atoms with Crippen LogP contribution in [0.5, 0.6) is 0 Å². The summed E-state index contributed by atoms with van der Waals surface area (Å²) in [6.45, 7) is 0. The van der Waals surface area contributed by atoms with E-state index in [1.807, 2.05) is 0 Å². The first kappa shape index (κ1) is 29.2. The van der Waals surface area contributed by atoms with Crippen molar-refractivity contribution in [2.75, 3.05) is 0 Å². The molecule has 26 heavy (non-hydrogen) atoms. The van der Waals surface area contributed by atoms with Crippen molar-refractivity contribution in [1.29, 1.82) is 0 Å². The average Bonchev–Trinajstić information content (AvgIpc) is 2.18. The molecule has 0 atom stereocenters. The number of hydrogen-bond acceptors (Lipinski definition) is 0. The van der Waals surface area contributed by atoms with Gasteiger partial charge in [-0.3, -0.25) is 0 Å². The molecule has 4 aliphatic rings. The molecule has 4 fully saturated rings. The summed E-state index contributed by atoms with van der Waals surface area (Å²) in [6, 6.07) is 0. The van der Waals surface area contributed by atoms with E-state index in [0.717, 1.165) is 0 Å². The molecule has 4 rings (SSSR count). The second-order valence-corrected chi connectivity index (χ2v) is 6.36. The van der Waals surface area contributed by atoms with Gasteiger partial charge in [0.2, 0.25) is 0 Å². The monoisotopic (exact) mass is 437 g/mol. The van der Waals surface area contributed by atoms with Gasteiger partial charge in [0.1, 0.15) is 0 Å². The summed E-state index contributed by atoms with van der Waals surface area (Å²) in [5.74, 6) is 4.71. The van der Waals surface area contributed by atoms with E-state index in [1.54, 1.807) is 38.5 Å². The Balaban J connectivity index is 0. The molecular weight excluding hydrogens is 420 g/mol. The molecule has 0 heterocycles. The third-order valence-electron chi connectivity index (χ3n) is 4.00. The Hall–Kier alpha value is 0.991. The van der Waals surface area contributed by atoms with Crippen molar-refractivity contribution in [3.63, 3.8) is 0 Å². The molecule has 0 aromatic rings. The maximum absolute atomic E-state index is 9.75. The third-order valence-corrected chi connectivity index (χ3v) is 4.00. The van der Waals surface area contributed by atoms with Crippen LogP contribution in [0.15, 0.2) is 0 Å². The minimum atomic E-state index is -6.00. The molecule has 0 nitrogen and oxygen atoms in total. The van der Waals surface area contributed by atoms with Crippen molar-refractivity contribution in [2.45, 2.75) is 38.5 Å². The standard InChI is InChI=1S/C10H16.3BF4.K.H/c1-7-2-9-4-8(1)5-10(3-7)6-9;3*2-1(3,4)5;;/h7-10H,1-6H2;;;;;/q;3*-1;;. The van der Waals surface area contributed by atoms with Gasteiger partial charge in [0.15, 0.2) is 0 Å². The molecule has 0 radical (unpaired) electrons. The van der Waals surface area contributed by atoms with Gasteiger partial charge in [-0.25, -0.2) is 0 Å². The van der Waals surface area contributed by atoms with Gasteiger partial charge in [-0.05, 0) is 62.2 Å². The second kappa shape index (κ2) is 11.9. The molecule has 0 aromatic heterocycles. The van der Waals surface area contributed by atoms with Gasteiger partial charge < -0.3 is 51.8 Å². The molecule has 4 aliphatic carbocycles. The molecule has 0 amide bonds. The number of halogens is 12. The first-order chi connectivity index (χ1) is 10.9. The van der Waals surface area contributed by atoms with E-state index in [4.69, 9.17) is 0 Å². The van der Waals surface area contributed by atoms with Gasteiger partial charge in [0.05, 0.1) is 0 Å². The quantitative estimate of drug-likeness (QED) is 0.319. The van der Waals surface area contributed by atoms with Crippen molar-refractivity contribution in [2.24, 2.45) is 23.7 Å². The molecule has 0 aromatic carbocycles. The molecule has 0 unspecified atom stereocenters. The van der Waals surface area contributed by atoms with Crippen LogP contribution >= 0.6 is 0 Å². The summed E-state index contributed by atoms with van der Waals surface area (Å²) in [4.78, 5) is 0. The van der Waals surface area contributed by atoms with E-state index >= 15 is 0 Å². The molecule has 0 N–H and O–H groups in total. The van der Waals surface area contributed by atoms with Gasteiger partial charge in [-0.15, -0.1) is 0 Å². The summed E-state index contributed by atoms with van der Waals surface area (Å²) in [5.41, 5.74) is 0. The molecule has 0 aliphatic heterocycles. The van der Waals surface area contributed by atoms with Crippen molar-refractivity contribution in [1.82, 2.24) is 0 Å². The van der Waals surface area contributed by atoms with Crippen molar-refractivity contribution in [3.8, 4) is 0 Å². The Morgan fingerprint density at radius 1 is 0.346 bits per heavy atom. The van der Waals surface area contributed by atoms with Crippen LogP contribution in [-0.2, 0) is 0 Å². The summed E-state index contributed by atoms with van der Waals surface area (Å²) in [7, 11) is -18.0. The molecule has 4 bridgehead atoms. The predicted octanol–water partition coefficient (Wildman–Crippen LogP) is 6.08. The molecule has 0 saturated heterocycles. The Bertz CT molecular complexity index is 280. The Morgan fingerprint density at radius 2 is 0.423 bits per heavy atom. The van der Waals surface area contributed by atoms with Crippen LogP contribution in [0.1, 0.15) is 38.5 Å². The van der Waals surface area contributed by atoms with E-state index in [0.29, 0.717) is 0 Å². The molecule has 0 spiro atoms. The fourth-order valence-electron chi connectivity index (χ4n) is 3.98. The normalized spacial score (nSPS) is 29.1. The Labute approximate surface area is 185 Å². The van der Waals surface area contributed by atoms with Gasteiger partial charge in [-0.1, -0.05) is 0 Å². The van der Waals surface area contributed by atoms with Gasteiger partial charge >= 0.3 is 73.1 Å². The fourth-order valence-corrected chi connectivity index (χ4v) is 3.98. The maximum atomic E-state index is 9.75. The topological polar surface area (TPSA) is 0 Å². The average molecular weight is 437 g/mol. The van der Waals surface area contributed by atoms with Crippen molar-refractivity contribution >= 4 is 73.1 Å². The fraction of sp³-hybridized carbons (Fsp3) is 1.00. The van der Waals surface area contributed by atoms with Crippen LogP contribution in [0.2, 0.25) is 0 Å². The SMILES string of the molecule is C1C2CC3CC1CC(C2)C3.F[B-](F)(F)F.F[B-](F)(F)F.F[B-](F)(F)F.[KH]. The van der Waals surface area contributed by atoms with Crippen LogP contribution in [0.4, 0.5) is 51.8 Å². The Kier molecular flexibility index (Phi) is 13.3. The van der Waals surface area contributed by atoms with Crippen molar-refractivity contribution < 1.29 is 51.8 Å². The predicted molar refractivity (Wildman–Crippen MR) is 79.4 cm³/mol. The van der Waals surface area contributed by atoms with Crippen LogP contribution in [0.3, 0.4) is 0 Å². The third kappa shape index (κ3) is 23.0. The van der Waals surface area contributed by atoms with E-state index in [2.05, 4.69) is 0 Å². The molecule has 154 valence electrons. The molecule has 4 saturated carbocycles. The first-order valence-corrected chi connectivity index (χ1v) is 7.52. The summed E-state index contributed by atoms with van der Waals surface area (Å²) >= 11 is 0. The van der Waals surface area contributed by atoms with E-state index in [9.17, 15) is 51.8 Å². The van der Waals surface area contributed by atoms with Crippen LogP contribution in [-0.4, -0.2) is 73.1 Å². The van der Waals surface area contributed by atoms with E-state index in [-0.39, 0.29) is 51.4 Å². The molecule has 16 heteroatoms. The Morgan fingerprint density at radius 3 is 0.500 bits per heavy atom. The zero-order valence-corrected chi connectivity index (χ0v) is 12.8. The number of rotatable bonds is 0. The van der Waals surface area contributed by atoms with E-state index < -0.39 is 21.8 Å². The van der Waals surface area contributed by atoms with E-state index in [1.165, 1.54) is 23.7 Å². The summed E-state index contributed by atoms with van der Waals surface area (Å²) in [5, 5.41) is 0. The van der Waals surface area contributed by atoms with Crippen molar-refractivity contribution in [3.05, 3.63) is 0 Å². The summed E-state index contributed by atoms with van der Waals surface area (Å²) in [6.07, 6.45) is 9.62. The van der Waals surface area contributed by atoms with Crippen LogP contribution in [0, 0.1) is 23.7 Å². The van der Waals surface area contributed by atoms with Crippen LogP contribution < -0.4 is 0 Å². The molecular formula is C10H17B3F12K-3.